The molecular formula is C14H22N2O. The van der Waals surface area contributed by atoms with Crippen LogP contribution in [0.5, 0.6) is 5.75 Å². The predicted octanol–water partition coefficient (Wildman–Crippen LogP) is 2.53. The molecule has 1 fully saturated rings. The van der Waals surface area contributed by atoms with Crippen LogP contribution < -0.4 is 5.32 Å². The maximum Gasteiger partial charge on any atom is 0.117 e. The first kappa shape index (κ1) is 12.2. The monoisotopic (exact) mass is 234 g/mol. The first-order valence-electron chi connectivity index (χ1n) is 6.39. The Morgan fingerprint density at radius 2 is 2.06 bits per heavy atom. The van der Waals surface area contributed by atoms with Crippen LogP contribution in [-0.2, 0) is 0 Å². The lowest BCUT2D eigenvalue weighted by Crippen LogP contribution is -2.37. The van der Waals surface area contributed by atoms with Gasteiger partial charge in [0.05, 0.1) is 0 Å². The van der Waals surface area contributed by atoms with Gasteiger partial charge in [-0.1, -0.05) is 6.07 Å². The van der Waals surface area contributed by atoms with Crippen LogP contribution in [0.25, 0.3) is 0 Å². The highest BCUT2D eigenvalue weighted by atomic mass is 16.3. The van der Waals surface area contributed by atoms with Gasteiger partial charge in [-0.25, -0.2) is 0 Å². The van der Waals surface area contributed by atoms with Crippen molar-refractivity contribution in [3.63, 3.8) is 0 Å². The largest absolute Gasteiger partial charge is 0.508 e. The fourth-order valence-electron chi connectivity index (χ4n) is 2.50. The van der Waals surface area contributed by atoms with E-state index in [1.54, 1.807) is 12.1 Å². The van der Waals surface area contributed by atoms with Crippen molar-refractivity contribution in [2.24, 2.45) is 5.92 Å². The first-order chi connectivity index (χ1) is 8.15. The van der Waals surface area contributed by atoms with Gasteiger partial charge in [0, 0.05) is 17.8 Å². The van der Waals surface area contributed by atoms with Crippen molar-refractivity contribution in [2.45, 2.75) is 25.8 Å². The molecule has 0 amide bonds. The topological polar surface area (TPSA) is 35.5 Å². The molecule has 0 spiro atoms. The Morgan fingerprint density at radius 1 is 1.35 bits per heavy atom. The molecule has 2 rings (SSSR count). The molecule has 3 heteroatoms. The summed E-state index contributed by atoms with van der Waals surface area (Å²) in [5.74, 6) is 1.05. The SMILES string of the molecule is CC(Nc1cccc(O)c1)C1CCN(C)CC1. The zero-order valence-corrected chi connectivity index (χ0v) is 10.7. The average molecular weight is 234 g/mol. The van der Waals surface area contributed by atoms with Crippen LogP contribution in [0.2, 0.25) is 0 Å². The average Bonchev–Trinajstić information content (AvgIpc) is 2.29. The molecule has 1 saturated heterocycles. The van der Waals surface area contributed by atoms with Crippen molar-refractivity contribution in [2.75, 3.05) is 25.5 Å². The molecule has 1 unspecified atom stereocenters. The lowest BCUT2D eigenvalue weighted by Gasteiger charge is -2.33. The highest BCUT2D eigenvalue weighted by molar-refractivity contribution is 5.48. The van der Waals surface area contributed by atoms with E-state index in [2.05, 4.69) is 24.2 Å². The number of likely N-dealkylation sites (tertiary alicyclic amines) is 1. The molecule has 0 aliphatic carbocycles. The van der Waals surface area contributed by atoms with Crippen LogP contribution in [0.15, 0.2) is 24.3 Å². The molecule has 94 valence electrons. The number of hydrogen-bond acceptors (Lipinski definition) is 3. The zero-order chi connectivity index (χ0) is 12.3. The molecular weight excluding hydrogens is 212 g/mol. The van der Waals surface area contributed by atoms with Crippen molar-refractivity contribution in [1.29, 1.82) is 0 Å². The summed E-state index contributed by atoms with van der Waals surface area (Å²) in [4.78, 5) is 2.39. The van der Waals surface area contributed by atoms with Crippen LogP contribution in [0, 0.1) is 5.92 Å². The van der Waals surface area contributed by atoms with Crippen LogP contribution in [0.1, 0.15) is 19.8 Å². The number of phenolic OH excluding ortho intramolecular Hbond substituents is 1. The van der Waals surface area contributed by atoms with Gasteiger partial charge in [0.2, 0.25) is 0 Å². The number of aromatic hydroxyl groups is 1. The van der Waals surface area contributed by atoms with Crippen LogP contribution in [0.4, 0.5) is 5.69 Å². The van der Waals surface area contributed by atoms with E-state index in [0.29, 0.717) is 11.8 Å². The van der Waals surface area contributed by atoms with Crippen molar-refractivity contribution in [3.05, 3.63) is 24.3 Å². The lowest BCUT2D eigenvalue weighted by atomic mass is 9.90. The highest BCUT2D eigenvalue weighted by Gasteiger charge is 2.21. The third-order valence-electron chi connectivity index (χ3n) is 3.71. The number of nitrogens with zero attached hydrogens (tertiary/aromatic N) is 1. The van der Waals surface area contributed by atoms with E-state index in [9.17, 15) is 5.11 Å². The first-order valence-corrected chi connectivity index (χ1v) is 6.39. The Kier molecular flexibility index (Phi) is 3.89. The second-order valence-electron chi connectivity index (χ2n) is 5.12. The van der Waals surface area contributed by atoms with Gasteiger partial charge in [0.25, 0.3) is 0 Å². The van der Waals surface area contributed by atoms with E-state index in [1.807, 2.05) is 12.1 Å². The third-order valence-corrected chi connectivity index (χ3v) is 3.71. The molecule has 1 aromatic rings. The normalized spacial score (nSPS) is 20.1. The Bertz CT molecular complexity index is 359. The van der Waals surface area contributed by atoms with E-state index in [1.165, 1.54) is 25.9 Å². The zero-order valence-electron chi connectivity index (χ0n) is 10.7. The Balaban J connectivity index is 1.90. The van der Waals surface area contributed by atoms with Gasteiger partial charge in [-0.3, -0.25) is 0 Å². The molecule has 1 aliphatic heterocycles. The van der Waals surface area contributed by atoms with Gasteiger partial charge in [-0.05, 0) is 58.0 Å². The summed E-state index contributed by atoms with van der Waals surface area (Å²) in [6, 6.07) is 7.83. The number of anilines is 1. The maximum absolute atomic E-state index is 9.42. The van der Waals surface area contributed by atoms with Crippen molar-refractivity contribution in [3.8, 4) is 5.75 Å². The number of piperidine rings is 1. The van der Waals surface area contributed by atoms with Crippen LogP contribution in [-0.4, -0.2) is 36.2 Å². The minimum atomic E-state index is 0.325. The number of phenols is 1. The number of nitrogens with one attached hydrogen (secondary N) is 1. The smallest absolute Gasteiger partial charge is 0.117 e. The van der Waals surface area contributed by atoms with Gasteiger partial charge in [0.1, 0.15) is 5.75 Å². The van der Waals surface area contributed by atoms with Gasteiger partial charge in [-0.15, -0.1) is 0 Å². The molecule has 1 aliphatic rings. The molecule has 1 heterocycles. The molecule has 2 N–H and O–H groups in total. The molecule has 0 bridgehead atoms. The van der Waals surface area contributed by atoms with Gasteiger partial charge in [0.15, 0.2) is 0 Å². The van der Waals surface area contributed by atoms with Gasteiger partial charge < -0.3 is 15.3 Å². The van der Waals surface area contributed by atoms with E-state index in [4.69, 9.17) is 0 Å². The predicted molar refractivity (Wildman–Crippen MR) is 71.4 cm³/mol. The molecule has 0 saturated carbocycles. The second kappa shape index (κ2) is 5.41. The molecule has 1 atom stereocenters. The van der Waals surface area contributed by atoms with Crippen molar-refractivity contribution < 1.29 is 5.11 Å². The summed E-state index contributed by atoms with van der Waals surface area (Å²) in [6.07, 6.45) is 2.51. The molecule has 0 radical (unpaired) electrons. The van der Waals surface area contributed by atoms with Crippen LogP contribution in [0.3, 0.4) is 0 Å². The maximum atomic E-state index is 9.42. The third kappa shape index (κ3) is 3.37. The van der Waals surface area contributed by atoms with Crippen LogP contribution >= 0.6 is 0 Å². The fraction of sp³-hybridized carbons (Fsp3) is 0.571. The Morgan fingerprint density at radius 3 is 2.71 bits per heavy atom. The van der Waals surface area contributed by atoms with Crippen molar-refractivity contribution in [1.82, 2.24) is 4.90 Å². The van der Waals surface area contributed by atoms with E-state index >= 15 is 0 Å². The molecule has 0 aromatic heterocycles. The summed E-state index contributed by atoms with van der Waals surface area (Å²) in [6.45, 7) is 4.62. The van der Waals surface area contributed by atoms with E-state index in [0.717, 1.165) is 11.6 Å². The summed E-state index contributed by atoms with van der Waals surface area (Å²) in [5.41, 5.74) is 1.01. The molecule has 1 aromatic carbocycles. The number of benzene rings is 1. The summed E-state index contributed by atoms with van der Waals surface area (Å²) in [5, 5.41) is 12.9. The molecule has 17 heavy (non-hydrogen) atoms. The fourth-order valence-corrected chi connectivity index (χ4v) is 2.50. The minimum Gasteiger partial charge on any atom is -0.508 e. The molecule has 3 nitrogen and oxygen atoms in total. The highest BCUT2D eigenvalue weighted by Crippen LogP contribution is 2.23. The number of hydrogen-bond donors (Lipinski definition) is 2. The second-order valence-corrected chi connectivity index (χ2v) is 5.12. The van der Waals surface area contributed by atoms with Gasteiger partial charge >= 0.3 is 0 Å². The quantitative estimate of drug-likeness (QED) is 0.843. The van der Waals surface area contributed by atoms with E-state index in [-0.39, 0.29) is 0 Å². The van der Waals surface area contributed by atoms with Crippen molar-refractivity contribution >= 4 is 5.69 Å². The summed E-state index contributed by atoms with van der Waals surface area (Å²) in [7, 11) is 2.18. The summed E-state index contributed by atoms with van der Waals surface area (Å²) >= 11 is 0. The van der Waals surface area contributed by atoms with E-state index < -0.39 is 0 Å². The summed E-state index contributed by atoms with van der Waals surface area (Å²) < 4.78 is 0. The Hall–Kier alpha value is -1.22. The van der Waals surface area contributed by atoms with Gasteiger partial charge in [-0.2, -0.15) is 0 Å². The lowest BCUT2D eigenvalue weighted by molar-refractivity contribution is 0.208. The number of rotatable bonds is 3. The minimum absolute atomic E-state index is 0.325. The standard InChI is InChI=1S/C14H22N2O/c1-11(12-6-8-16(2)9-7-12)15-13-4-3-5-14(17)10-13/h3-5,10-12,15,17H,6-9H2,1-2H3. The Labute approximate surface area is 103 Å².